The maximum atomic E-state index is 10.7. The number of rotatable bonds is 3. The Bertz CT molecular complexity index is 306. The molecule has 0 saturated carbocycles. The number of esters is 1. The van der Waals surface area contributed by atoms with E-state index >= 15 is 0 Å². The summed E-state index contributed by atoms with van der Waals surface area (Å²) in [5.41, 5.74) is -0.681. The van der Waals surface area contributed by atoms with E-state index in [-0.39, 0.29) is 23.3 Å². The van der Waals surface area contributed by atoms with Crippen molar-refractivity contribution < 1.29 is 18.8 Å². The Morgan fingerprint density at radius 1 is 1.24 bits per heavy atom. The topological polar surface area (TPSA) is 44.8 Å². The average Bonchev–Trinajstić information content (AvgIpc) is 2.31. The van der Waals surface area contributed by atoms with Gasteiger partial charge in [0.1, 0.15) is 6.10 Å². The van der Waals surface area contributed by atoms with Gasteiger partial charge in [0.25, 0.3) is 0 Å². The molecule has 4 nitrogen and oxygen atoms in total. The molecule has 0 aromatic carbocycles. The fourth-order valence-corrected chi connectivity index (χ4v) is 1.52. The van der Waals surface area contributed by atoms with Gasteiger partial charge in [0.15, 0.2) is 0 Å². The summed E-state index contributed by atoms with van der Waals surface area (Å²) in [7, 11) is -0.391. The Labute approximate surface area is 103 Å². The molecule has 0 radical (unpaired) electrons. The zero-order valence-electron chi connectivity index (χ0n) is 11.4. The lowest BCUT2D eigenvalue weighted by Crippen LogP contribution is -2.41. The van der Waals surface area contributed by atoms with Gasteiger partial charge in [0.2, 0.25) is 0 Å². The summed E-state index contributed by atoms with van der Waals surface area (Å²) in [5, 5.41) is 0. The lowest BCUT2D eigenvalue weighted by atomic mass is 9.89. The second-order valence-electron chi connectivity index (χ2n) is 5.32. The van der Waals surface area contributed by atoms with Gasteiger partial charge in [-0.3, -0.25) is 4.79 Å². The van der Waals surface area contributed by atoms with Gasteiger partial charge in [-0.25, -0.2) is 0 Å². The zero-order valence-corrected chi connectivity index (χ0v) is 11.4. The number of hydrogen-bond acceptors (Lipinski definition) is 4. The normalized spacial score (nSPS) is 24.0. The molecule has 0 N–H and O–H groups in total. The number of hydrogen-bond donors (Lipinski definition) is 0. The highest BCUT2D eigenvalue weighted by molar-refractivity contribution is 6.51. The molecule has 96 valence electrons. The van der Waals surface area contributed by atoms with Gasteiger partial charge < -0.3 is 14.0 Å². The molecule has 1 aliphatic heterocycles. The second kappa shape index (κ2) is 4.82. The summed E-state index contributed by atoms with van der Waals surface area (Å²) in [6.07, 6.45) is 1.50. The van der Waals surface area contributed by atoms with Crippen LogP contribution in [0.15, 0.2) is 12.1 Å². The molecule has 5 heteroatoms. The van der Waals surface area contributed by atoms with E-state index in [0.29, 0.717) is 0 Å². The number of ether oxygens (including phenoxy) is 1. The molecular weight excluding hydrogens is 219 g/mol. The standard InChI is InChI=1S/C12H21BO4/c1-9(15-10(2)14)7-8-13-16-11(3,4)12(5,6)17-13/h7-9H,1-6H3/b8-7+/t9-/m1/s1. The van der Waals surface area contributed by atoms with Crippen molar-refractivity contribution in [3.8, 4) is 0 Å². The molecule has 0 spiro atoms. The highest BCUT2D eigenvalue weighted by Gasteiger charge is 2.50. The lowest BCUT2D eigenvalue weighted by Gasteiger charge is -2.32. The average molecular weight is 240 g/mol. The first-order chi connectivity index (χ1) is 7.64. The van der Waals surface area contributed by atoms with Gasteiger partial charge in [-0.1, -0.05) is 12.1 Å². The minimum atomic E-state index is -0.391. The highest BCUT2D eigenvalue weighted by Crippen LogP contribution is 2.36. The van der Waals surface area contributed by atoms with Gasteiger partial charge in [0.05, 0.1) is 11.2 Å². The van der Waals surface area contributed by atoms with E-state index in [9.17, 15) is 4.79 Å². The molecule has 0 amide bonds. The van der Waals surface area contributed by atoms with Crippen molar-refractivity contribution in [2.75, 3.05) is 0 Å². The predicted molar refractivity (Wildman–Crippen MR) is 66.5 cm³/mol. The Kier molecular flexibility index (Phi) is 4.04. The molecule has 1 saturated heterocycles. The molecule has 1 heterocycles. The fraction of sp³-hybridized carbons (Fsp3) is 0.750. The number of carbonyl (C=O) groups is 1. The summed E-state index contributed by atoms with van der Waals surface area (Å²) >= 11 is 0. The predicted octanol–water partition coefficient (Wildman–Crippen LogP) is 2.13. The largest absolute Gasteiger partial charge is 0.486 e. The van der Waals surface area contributed by atoms with Crippen LogP contribution in [-0.4, -0.2) is 30.4 Å². The van der Waals surface area contributed by atoms with Crippen molar-refractivity contribution in [3.05, 3.63) is 12.1 Å². The minimum absolute atomic E-state index is 0.272. The van der Waals surface area contributed by atoms with Crippen molar-refractivity contribution in [2.24, 2.45) is 0 Å². The van der Waals surface area contributed by atoms with Crippen molar-refractivity contribution in [1.82, 2.24) is 0 Å². The van der Waals surface area contributed by atoms with Gasteiger partial charge >= 0.3 is 13.1 Å². The van der Waals surface area contributed by atoms with E-state index in [1.165, 1.54) is 6.92 Å². The second-order valence-corrected chi connectivity index (χ2v) is 5.32. The molecule has 0 aromatic heterocycles. The smallest absolute Gasteiger partial charge is 0.459 e. The molecule has 0 aliphatic carbocycles. The first-order valence-electron chi connectivity index (χ1n) is 5.85. The van der Waals surface area contributed by atoms with Crippen LogP contribution in [0.1, 0.15) is 41.5 Å². The van der Waals surface area contributed by atoms with Gasteiger partial charge in [-0.05, 0) is 34.6 Å². The number of carbonyl (C=O) groups excluding carboxylic acids is 1. The lowest BCUT2D eigenvalue weighted by molar-refractivity contribution is -0.143. The van der Waals surface area contributed by atoms with Crippen LogP contribution in [0.25, 0.3) is 0 Å². The summed E-state index contributed by atoms with van der Waals surface area (Å²) < 4.78 is 16.5. The molecule has 1 aliphatic rings. The van der Waals surface area contributed by atoms with Crippen LogP contribution >= 0.6 is 0 Å². The quantitative estimate of drug-likeness (QED) is 0.560. The zero-order chi connectivity index (χ0) is 13.3. The Hall–Kier alpha value is -0.805. The van der Waals surface area contributed by atoms with Crippen LogP contribution in [0.3, 0.4) is 0 Å². The molecular formula is C12H21BO4. The van der Waals surface area contributed by atoms with Crippen molar-refractivity contribution in [3.63, 3.8) is 0 Å². The van der Waals surface area contributed by atoms with Crippen molar-refractivity contribution >= 4 is 13.1 Å². The summed E-state index contributed by atoms with van der Waals surface area (Å²) in [4.78, 5) is 10.7. The molecule has 1 rings (SSSR count). The molecule has 17 heavy (non-hydrogen) atoms. The molecule has 0 aromatic rings. The third-order valence-corrected chi connectivity index (χ3v) is 3.16. The van der Waals surface area contributed by atoms with E-state index in [1.54, 1.807) is 19.0 Å². The summed E-state index contributed by atoms with van der Waals surface area (Å²) in [6, 6.07) is 0. The van der Waals surface area contributed by atoms with Crippen LogP contribution in [0.2, 0.25) is 0 Å². The van der Waals surface area contributed by atoms with E-state index in [0.717, 1.165) is 0 Å². The molecule has 0 bridgehead atoms. The van der Waals surface area contributed by atoms with Crippen molar-refractivity contribution in [1.29, 1.82) is 0 Å². The van der Waals surface area contributed by atoms with Crippen LogP contribution in [-0.2, 0) is 18.8 Å². The molecule has 0 unspecified atom stereocenters. The minimum Gasteiger partial charge on any atom is -0.459 e. The maximum absolute atomic E-state index is 10.7. The monoisotopic (exact) mass is 240 g/mol. The van der Waals surface area contributed by atoms with Crippen LogP contribution in [0.5, 0.6) is 0 Å². The van der Waals surface area contributed by atoms with Crippen LogP contribution in [0, 0.1) is 0 Å². The van der Waals surface area contributed by atoms with Gasteiger partial charge in [-0.15, -0.1) is 0 Å². The van der Waals surface area contributed by atoms with Gasteiger partial charge in [0, 0.05) is 6.92 Å². The Morgan fingerprint density at radius 3 is 2.12 bits per heavy atom. The molecule has 1 fully saturated rings. The fourth-order valence-electron chi connectivity index (χ4n) is 1.52. The first-order valence-corrected chi connectivity index (χ1v) is 5.85. The SMILES string of the molecule is CC(=O)O[C@H](C)/C=C/B1OC(C)(C)C(C)(C)O1. The van der Waals surface area contributed by atoms with E-state index in [2.05, 4.69) is 0 Å². The Morgan fingerprint density at radius 2 is 1.71 bits per heavy atom. The summed E-state index contributed by atoms with van der Waals surface area (Å²) in [6.45, 7) is 11.2. The third-order valence-electron chi connectivity index (χ3n) is 3.16. The third kappa shape index (κ3) is 3.58. The maximum Gasteiger partial charge on any atom is 0.486 e. The van der Waals surface area contributed by atoms with E-state index in [4.69, 9.17) is 14.0 Å². The van der Waals surface area contributed by atoms with Crippen molar-refractivity contribution in [2.45, 2.75) is 58.8 Å². The first kappa shape index (κ1) is 14.3. The summed E-state index contributed by atoms with van der Waals surface area (Å²) in [5.74, 6) is 1.49. The Balaban J connectivity index is 2.56. The highest BCUT2D eigenvalue weighted by atomic mass is 16.7. The van der Waals surface area contributed by atoms with Crippen LogP contribution in [0.4, 0.5) is 0 Å². The van der Waals surface area contributed by atoms with E-state index in [1.807, 2.05) is 27.7 Å². The van der Waals surface area contributed by atoms with E-state index < -0.39 is 7.12 Å². The molecule has 1 atom stereocenters. The van der Waals surface area contributed by atoms with Crippen LogP contribution < -0.4 is 0 Å². The van der Waals surface area contributed by atoms with Gasteiger partial charge in [-0.2, -0.15) is 0 Å².